The van der Waals surface area contributed by atoms with Gasteiger partial charge in [-0.05, 0) is 49.3 Å². The summed E-state index contributed by atoms with van der Waals surface area (Å²) in [4.78, 5) is 10.6. The second-order valence-corrected chi connectivity index (χ2v) is 6.20. The fraction of sp³-hybridized carbons (Fsp3) is 0.533. The first kappa shape index (κ1) is 13.4. The van der Waals surface area contributed by atoms with Crippen LogP contribution in [0.25, 0.3) is 0 Å². The maximum absolute atomic E-state index is 10.6. The molecule has 1 aliphatic carbocycles. The minimum atomic E-state index is 0.248. The lowest BCUT2D eigenvalue weighted by molar-refractivity contribution is 0.0988. The molecule has 2 rings (SSSR count). The Balaban J connectivity index is 2.00. The highest BCUT2D eigenvalue weighted by Gasteiger charge is 2.28. The van der Waals surface area contributed by atoms with Gasteiger partial charge >= 0.3 is 0 Å². The van der Waals surface area contributed by atoms with Gasteiger partial charge in [-0.15, -0.1) is 0 Å². The third-order valence-electron chi connectivity index (χ3n) is 3.67. The third-order valence-corrected chi connectivity index (χ3v) is 3.97. The minimum Gasteiger partial charge on any atom is -0.489 e. The molecule has 0 spiro atoms. The number of rotatable bonds is 3. The zero-order valence-electron chi connectivity index (χ0n) is 10.9. The third kappa shape index (κ3) is 3.26. The first-order valence-corrected chi connectivity index (χ1v) is 6.79. The molecule has 0 unspecified atom stereocenters. The molecule has 18 heavy (non-hydrogen) atoms. The quantitative estimate of drug-likeness (QED) is 0.753. The summed E-state index contributed by atoms with van der Waals surface area (Å²) in [5.41, 5.74) is 1.02. The van der Waals surface area contributed by atoms with Gasteiger partial charge in [0.05, 0.1) is 11.1 Å². The average molecular weight is 267 g/mol. The van der Waals surface area contributed by atoms with E-state index in [-0.39, 0.29) is 6.10 Å². The van der Waals surface area contributed by atoms with Gasteiger partial charge in [-0.3, -0.25) is 4.79 Å². The summed E-state index contributed by atoms with van der Waals surface area (Å²) >= 11 is 6.10. The lowest BCUT2D eigenvalue weighted by Crippen LogP contribution is -2.28. The molecule has 0 N–H and O–H groups in total. The van der Waals surface area contributed by atoms with Gasteiger partial charge in [-0.25, -0.2) is 0 Å². The van der Waals surface area contributed by atoms with E-state index >= 15 is 0 Å². The molecule has 1 aromatic rings. The van der Waals surface area contributed by atoms with E-state index < -0.39 is 0 Å². The summed E-state index contributed by atoms with van der Waals surface area (Å²) in [7, 11) is 0. The predicted molar refractivity (Wildman–Crippen MR) is 73.5 cm³/mol. The van der Waals surface area contributed by atoms with Gasteiger partial charge < -0.3 is 4.74 Å². The highest BCUT2D eigenvalue weighted by atomic mass is 35.5. The molecule has 0 bridgehead atoms. The van der Waals surface area contributed by atoms with E-state index in [1.807, 2.05) is 0 Å². The Hall–Kier alpha value is -1.02. The molecular weight excluding hydrogens is 248 g/mol. The Morgan fingerprint density at radius 1 is 1.33 bits per heavy atom. The Morgan fingerprint density at radius 3 is 2.56 bits per heavy atom. The molecule has 0 aliphatic heterocycles. The Kier molecular flexibility index (Phi) is 3.96. The molecule has 0 aromatic heterocycles. The van der Waals surface area contributed by atoms with E-state index in [1.54, 1.807) is 18.2 Å². The van der Waals surface area contributed by atoms with Crippen LogP contribution >= 0.6 is 11.6 Å². The van der Waals surface area contributed by atoms with E-state index in [0.717, 1.165) is 19.1 Å². The molecule has 1 aliphatic rings. The first-order valence-electron chi connectivity index (χ1n) is 6.41. The zero-order chi connectivity index (χ0) is 13.2. The predicted octanol–water partition coefficient (Wildman–Crippen LogP) is 4.50. The molecule has 1 aromatic carbocycles. The maximum Gasteiger partial charge on any atom is 0.150 e. The number of hydrogen-bond acceptors (Lipinski definition) is 2. The summed E-state index contributed by atoms with van der Waals surface area (Å²) < 4.78 is 5.93. The van der Waals surface area contributed by atoms with Crippen molar-refractivity contribution in [3.63, 3.8) is 0 Å². The molecule has 0 amide bonds. The van der Waals surface area contributed by atoms with E-state index in [4.69, 9.17) is 16.3 Å². The highest BCUT2D eigenvalue weighted by molar-refractivity contribution is 6.32. The minimum absolute atomic E-state index is 0.248. The number of carbonyl (C=O) groups excluding carboxylic acids is 1. The van der Waals surface area contributed by atoms with Gasteiger partial charge in [0, 0.05) is 5.56 Å². The van der Waals surface area contributed by atoms with Crippen molar-refractivity contribution in [2.75, 3.05) is 0 Å². The van der Waals surface area contributed by atoms with E-state index in [9.17, 15) is 4.79 Å². The van der Waals surface area contributed by atoms with Crippen molar-refractivity contribution < 1.29 is 9.53 Å². The van der Waals surface area contributed by atoms with Gasteiger partial charge in [0.2, 0.25) is 0 Å². The summed E-state index contributed by atoms with van der Waals surface area (Å²) in [5, 5.41) is 0.518. The Labute approximate surface area is 113 Å². The number of carbonyl (C=O) groups is 1. The fourth-order valence-corrected chi connectivity index (χ4v) is 2.59. The van der Waals surface area contributed by atoms with Crippen LogP contribution in [0, 0.1) is 5.41 Å². The van der Waals surface area contributed by atoms with Crippen molar-refractivity contribution in [3.8, 4) is 5.75 Å². The normalized spacial score (nSPS) is 19.5. The van der Waals surface area contributed by atoms with Crippen LogP contribution in [0.3, 0.4) is 0 Å². The molecule has 1 saturated carbocycles. The SMILES string of the molecule is CC1(C)CCC(Oc2ccc(C=O)cc2Cl)CC1. The van der Waals surface area contributed by atoms with Crippen LogP contribution in [0.1, 0.15) is 49.9 Å². The van der Waals surface area contributed by atoms with Crippen molar-refractivity contribution >= 4 is 17.9 Å². The van der Waals surface area contributed by atoms with Crippen LogP contribution in [-0.2, 0) is 0 Å². The van der Waals surface area contributed by atoms with Gasteiger partial charge in [-0.2, -0.15) is 0 Å². The summed E-state index contributed by atoms with van der Waals surface area (Å²) in [6.45, 7) is 4.60. The van der Waals surface area contributed by atoms with Gasteiger partial charge in [0.1, 0.15) is 12.0 Å². The van der Waals surface area contributed by atoms with Crippen molar-refractivity contribution in [2.45, 2.75) is 45.6 Å². The molecule has 1 fully saturated rings. The Bertz CT molecular complexity index is 430. The van der Waals surface area contributed by atoms with E-state index in [1.165, 1.54) is 12.8 Å². The molecule has 0 heterocycles. The van der Waals surface area contributed by atoms with Crippen molar-refractivity contribution in [3.05, 3.63) is 28.8 Å². The molecule has 3 heteroatoms. The van der Waals surface area contributed by atoms with Crippen molar-refractivity contribution in [2.24, 2.45) is 5.41 Å². The molecule has 98 valence electrons. The monoisotopic (exact) mass is 266 g/mol. The van der Waals surface area contributed by atoms with E-state index in [0.29, 0.717) is 21.8 Å². The highest BCUT2D eigenvalue weighted by Crippen LogP contribution is 2.37. The lowest BCUT2D eigenvalue weighted by atomic mass is 9.76. The number of benzene rings is 1. The van der Waals surface area contributed by atoms with Gasteiger partial charge in [0.15, 0.2) is 0 Å². The van der Waals surface area contributed by atoms with Crippen LogP contribution in [0.15, 0.2) is 18.2 Å². The number of ether oxygens (including phenoxy) is 1. The summed E-state index contributed by atoms with van der Waals surface area (Å²) in [6.07, 6.45) is 5.54. The average Bonchev–Trinajstić information content (AvgIpc) is 2.34. The summed E-state index contributed by atoms with van der Waals surface area (Å²) in [6, 6.07) is 5.17. The zero-order valence-corrected chi connectivity index (χ0v) is 11.7. The largest absolute Gasteiger partial charge is 0.489 e. The van der Waals surface area contributed by atoms with Crippen molar-refractivity contribution in [1.29, 1.82) is 0 Å². The van der Waals surface area contributed by atoms with Crippen LogP contribution in [0.4, 0.5) is 0 Å². The number of halogens is 1. The molecule has 0 radical (unpaired) electrons. The van der Waals surface area contributed by atoms with Crippen LogP contribution in [0.2, 0.25) is 5.02 Å². The fourth-order valence-electron chi connectivity index (χ4n) is 2.36. The molecule has 2 nitrogen and oxygen atoms in total. The van der Waals surface area contributed by atoms with Crippen LogP contribution in [-0.4, -0.2) is 12.4 Å². The van der Waals surface area contributed by atoms with Crippen molar-refractivity contribution in [1.82, 2.24) is 0 Å². The van der Waals surface area contributed by atoms with Crippen LogP contribution in [0.5, 0.6) is 5.75 Å². The second kappa shape index (κ2) is 5.31. The first-order chi connectivity index (χ1) is 8.50. The van der Waals surface area contributed by atoms with Gasteiger partial charge in [0.25, 0.3) is 0 Å². The molecule has 0 saturated heterocycles. The van der Waals surface area contributed by atoms with Crippen LogP contribution < -0.4 is 4.74 Å². The number of hydrogen-bond donors (Lipinski definition) is 0. The maximum atomic E-state index is 10.6. The summed E-state index contributed by atoms with van der Waals surface area (Å²) in [5.74, 6) is 0.687. The molecular formula is C15H19ClO2. The Morgan fingerprint density at radius 2 is 2.00 bits per heavy atom. The smallest absolute Gasteiger partial charge is 0.150 e. The van der Waals surface area contributed by atoms with E-state index in [2.05, 4.69) is 13.8 Å². The topological polar surface area (TPSA) is 26.3 Å². The lowest BCUT2D eigenvalue weighted by Gasteiger charge is -2.34. The standard InChI is InChI=1S/C15H19ClO2/c1-15(2)7-5-12(6-8-15)18-14-4-3-11(10-17)9-13(14)16/h3-4,9-10,12H,5-8H2,1-2H3. The van der Waals surface area contributed by atoms with Gasteiger partial charge in [-0.1, -0.05) is 25.4 Å². The second-order valence-electron chi connectivity index (χ2n) is 5.79. The molecule has 0 atom stereocenters. The number of aldehydes is 1.